The fourth-order valence-corrected chi connectivity index (χ4v) is 1.60. The van der Waals surface area contributed by atoms with E-state index >= 15 is 0 Å². The van der Waals surface area contributed by atoms with E-state index in [2.05, 4.69) is 5.32 Å². The first-order valence-corrected chi connectivity index (χ1v) is 5.80. The zero-order chi connectivity index (χ0) is 13.0. The molecule has 0 amide bonds. The Morgan fingerprint density at radius 3 is 2.65 bits per heavy atom. The van der Waals surface area contributed by atoms with Crippen molar-refractivity contribution >= 4 is 17.6 Å². The maximum atomic E-state index is 11.2. The molecule has 0 bridgehead atoms. The zero-order valence-corrected chi connectivity index (χ0v) is 10.5. The Morgan fingerprint density at radius 2 is 2.18 bits per heavy atom. The number of rotatable bonds is 5. The molecule has 3 N–H and O–H groups in total. The third-order valence-corrected chi connectivity index (χ3v) is 2.92. The topological polar surface area (TPSA) is 69.6 Å². The molecule has 0 saturated heterocycles. The second kappa shape index (κ2) is 5.89. The SMILES string of the molecule is CCC(C)NC(C(=O)O)c1ccc(O)c(Cl)c1. The number of hydrogen-bond donors (Lipinski definition) is 3. The predicted molar refractivity (Wildman–Crippen MR) is 66.4 cm³/mol. The number of carboxylic acid groups (broad SMARTS) is 1. The fraction of sp³-hybridized carbons (Fsp3) is 0.417. The van der Waals surface area contributed by atoms with Gasteiger partial charge in [0.15, 0.2) is 0 Å². The first-order chi connectivity index (χ1) is 7.95. The minimum atomic E-state index is -0.966. The first kappa shape index (κ1) is 13.8. The molecule has 0 spiro atoms. The van der Waals surface area contributed by atoms with E-state index < -0.39 is 12.0 Å². The molecule has 0 aliphatic rings. The first-order valence-electron chi connectivity index (χ1n) is 5.43. The molecule has 5 heteroatoms. The van der Waals surface area contributed by atoms with Gasteiger partial charge in [0, 0.05) is 6.04 Å². The van der Waals surface area contributed by atoms with Crippen molar-refractivity contribution in [3.63, 3.8) is 0 Å². The number of aliphatic carboxylic acids is 1. The van der Waals surface area contributed by atoms with Crippen LogP contribution >= 0.6 is 11.6 Å². The summed E-state index contributed by atoms with van der Waals surface area (Å²) < 4.78 is 0. The van der Waals surface area contributed by atoms with Crippen LogP contribution < -0.4 is 5.32 Å². The summed E-state index contributed by atoms with van der Waals surface area (Å²) in [6, 6.07) is 3.68. The lowest BCUT2D eigenvalue weighted by molar-refractivity contribution is -0.139. The van der Waals surface area contributed by atoms with Gasteiger partial charge in [-0.25, -0.2) is 0 Å². The summed E-state index contributed by atoms with van der Waals surface area (Å²) in [7, 11) is 0. The van der Waals surface area contributed by atoms with Gasteiger partial charge in [-0.05, 0) is 31.0 Å². The summed E-state index contributed by atoms with van der Waals surface area (Å²) in [4.78, 5) is 11.2. The van der Waals surface area contributed by atoms with Crippen LogP contribution in [0.3, 0.4) is 0 Å². The predicted octanol–water partition coefficient (Wildman–Crippen LogP) is 2.56. The Labute approximate surface area is 105 Å². The maximum absolute atomic E-state index is 11.2. The third kappa shape index (κ3) is 3.61. The van der Waals surface area contributed by atoms with Crippen LogP contribution in [0, 0.1) is 0 Å². The second-order valence-electron chi connectivity index (χ2n) is 3.96. The maximum Gasteiger partial charge on any atom is 0.325 e. The van der Waals surface area contributed by atoms with E-state index in [1.54, 1.807) is 6.07 Å². The Balaban J connectivity index is 2.97. The van der Waals surface area contributed by atoms with Crippen molar-refractivity contribution in [2.75, 3.05) is 0 Å². The minimum Gasteiger partial charge on any atom is -0.506 e. The quantitative estimate of drug-likeness (QED) is 0.758. The van der Waals surface area contributed by atoms with Gasteiger partial charge in [-0.2, -0.15) is 0 Å². The summed E-state index contributed by atoms with van der Waals surface area (Å²) in [6.45, 7) is 3.89. The van der Waals surface area contributed by atoms with Crippen LogP contribution in [0.1, 0.15) is 31.9 Å². The summed E-state index contributed by atoms with van der Waals surface area (Å²) in [5, 5.41) is 21.6. The highest BCUT2D eigenvalue weighted by molar-refractivity contribution is 6.32. The number of benzene rings is 1. The van der Waals surface area contributed by atoms with Crippen LogP contribution in [-0.2, 0) is 4.79 Å². The van der Waals surface area contributed by atoms with Gasteiger partial charge in [-0.1, -0.05) is 24.6 Å². The minimum absolute atomic E-state index is 0.0527. The highest BCUT2D eigenvalue weighted by Crippen LogP contribution is 2.27. The molecule has 94 valence electrons. The monoisotopic (exact) mass is 257 g/mol. The van der Waals surface area contributed by atoms with Crippen molar-refractivity contribution in [1.29, 1.82) is 0 Å². The molecule has 0 aliphatic carbocycles. The highest BCUT2D eigenvalue weighted by atomic mass is 35.5. The molecule has 0 heterocycles. The van der Waals surface area contributed by atoms with Gasteiger partial charge in [0.05, 0.1) is 5.02 Å². The van der Waals surface area contributed by atoms with Crippen LogP contribution in [-0.4, -0.2) is 22.2 Å². The van der Waals surface area contributed by atoms with Crippen molar-refractivity contribution in [2.24, 2.45) is 0 Å². The largest absolute Gasteiger partial charge is 0.506 e. The van der Waals surface area contributed by atoms with Crippen LogP contribution in [0.15, 0.2) is 18.2 Å². The molecule has 1 aromatic rings. The fourth-order valence-electron chi connectivity index (χ4n) is 1.42. The van der Waals surface area contributed by atoms with Gasteiger partial charge in [0.2, 0.25) is 0 Å². The van der Waals surface area contributed by atoms with Crippen molar-refractivity contribution < 1.29 is 15.0 Å². The Morgan fingerprint density at radius 1 is 1.53 bits per heavy atom. The molecule has 17 heavy (non-hydrogen) atoms. The van der Waals surface area contributed by atoms with E-state index in [1.165, 1.54) is 12.1 Å². The molecule has 2 unspecified atom stereocenters. The molecule has 0 radical (unpaired) electrons. The summed E-state index contributed by atoms with van der Waals surface area (Å²) in [5.41, 5.74) is 0.528. The van der Waals surface area contributed by atoms with Gasteiger partial charge in [0.25, 0.3) is 0 Å². The summed E-state index contributed by atoms with van der Waals surface area (Å²) in [5.74, 6) is -1.02. The van der Waals surface area contributed by atoms with Crippen LogP contribution in [0.4, 0.5) is 0 Å². The van der Waals surface area contributed by atoms with Gasteiger partial charge in [-0.3, -0.25) is 10.1 Å². The average Bonchev–Trinajstić information content (AvgIpc) is 2.29. The van der Waals surface area contributed by atoms with Gasteiger partial charge in [-0.15, -0.1) is 0 Å². The number of phenols is 1. The van der Waals surface area contributed by atoms with Crippen molar-refractivity contribution in [2.45, 2.75) is 32.4 Å². The molecule has 1 rings (SSSR count). The van der Waals surface area contributed by atoms with Crippen LogP contribution in [0.25, 0.3) is 0 Å². The number of carboxylic acids is 1. The van der Waals surface area contributed by atoms with Crippen LogP contribution in [0.5, 0.6) is 5.75 Å². The van der Waals surface area contributed by atoms with E-state index in [9.17, 15) is 9.90 Å². The Kier molecular flexibility index (Phi) is 4.78. The molecule has 0 saturated carbocycles. The lowest BCUT2D eigenvalue weighted by Gasteiger charge is -2.19. The summed E-state index contributed by atoms with van der Waals surface area (Å²) >= 11 is 5.76. The lowest BCUT2D eigenvalue weighted by Crippen LogP contribution is -2.34. The van der Waals surface area contributed by atoms with Crippen LogP contribution in [0.2, 0.25) is 5.02 Å². The number of hydrogen-bond acceptors (Lipinski definition) is 3. The van der Waals surface area contributed by atoms with E-state index in [0.29, 0.717) is 5.56 Å². The molecule has 0 aromatic heterocycles. The molecule has 4 nitrogen and oxygen atoms in total. The van der Waals surface area contributed by atoms with E-state index in [0.717, 1.165) is 6.42 Å². The zero-order valence-electron chi connectivity index (χ0n) is 9.77. The molecule has 2 atom stereocenters. The van der Waals surface area contributed by atoms with Gasteiger partial charge >= 0.3 is 5.97 Å². The lowest BCUT2D eigenvalue weighted by atomic mass is 10.1. The van der Waals surface area contributed by atoms with E-state index in [4.69, 9.17) is 16.7 Å². The number of aromatic hydroxyl groups is 1. The molecular weight excluding hydrogens is 242 g/mol. The van der Waals surface area contributed by atoms with Gasteiger partial charge in [0.1, 0.15) is 11.8 Å². The number of phenolic OH excluding ortho intramolecular Hbond substituents is 1. The second-order valence-corrected chi connectivity index (χ2v) is 4.37. The molecule has 1 aromatic carbocycles. The summed E-state index contributed by atoms with van der Waals surface area (Å²) in [6.07, 6.45) is 0.829. The van der Waals surface area contributed by atoms with Crippen molar-refractivity contribution in [1.82, 2.24) is 5.32 Å². The normalized spacial score (nSPS) is 14.3. The molecular formula is C12H16ClNO3. The Hall–Kier alpha value is -1.26. The van der Waals surface area contributed by atoms with Gasteiger partial charge < -0.3 is 10.2 Å². The van der Waals surface area contributed by atoms with Crippen molar-refractivity contribution in [3.05, 3.63) is 28.8 Å². The number of halogens is 1. The number of nitrogens with one attached hydrogen (secondary N) is 1. The Bertz CT molecular complexity index is 409. The van der Waals surface area contributed by atoms with E-state index in [1.807, 2.05) is 13.8 Å². The number of carbonyl (C=O) groups is 1. The van der Waals surface area contributed by atoms with Crippen molar-refractivity contribution in [3.8, 4) is 5.75 Å². The smallest absolute Gasteiger partial charge is 0.325 e. The molecule has 0 aliphatic heterocycles. The van der Waals surface area contributed by atoms with E-state index in [-0.39, 0.29) is 16.8 Å². The molecule has 0 fully saturated rings. The highest BCUT2D eigenvalue weighted by Gasteiger charge is 2.21. The standard InChI is InChI=1S/C12H16ClNO3/c1-3-7(2)14-11(12(16)17)8-4-5-10(15)9(13)6-8/h4-7,11,14-15H,3H2,1-2H3,(H,16,17). The average molecular weight is 258 g/mol. The third-order valence-electron chi connectivity index (χ3n) is 2.62.